The summed E-state index contributed by atoms with van der Waals surface area (Å²) in [6, 6.07) is 17.7. The van der Waals surface area contributed by atoms with Gasteiger partial charge in [-0.15, -0.1) is 0 Å². The van der Waals surface area contributed by atoms with E-state index in [1.54, 1.807) is 11.8 Å². The maximum Gasteiger partial charge on any atom is 0.222 e. The molecule has 3 rings (SSSR count). The molecule has 0 aliphatic heterocycles. The van der Waals surface area contributed by atoms with E-state index in [1.165, 1.54) is 0 Å². The van der Waals surface area contributed by atoms with E-state index in [2.05, 4.69) is 37.8 Å². The zero-order valence-electron chi connectivity index (χ0n) is 21.6. The Morgan fingerprint density at radius 3 is 2.31 bits per heavy atom. The topological polar surface area (TPSA) is 69.0 Å². The fourth-order valence-corrected chi connectivity index (χ4v) is 3.97. The molecule has 1 heterocycles. The second-order valence-corrected chi connectivity index (χ2v) is 9.22. The van der Waals surface area contributed by atoms with Gasteiger partial charge in [0, 0.05) is 32.3 Å². The van der Waals surface area contributed by atoms with Crippen LogP contribution in [0.1, 0.15) is 32.8 Å². The van der Waals surface area contributed by atoms with Crippen LogP contribution in [0.2, 0.25) is 0 Å². The van der Waals surface area contributed by atoms with Gasteiger partial charge in [0.25, 0.3) is 0 Å². The van der Waals surface area contributed by atoms with Gasteiger partial charge >= 0.3 is 0 Å². The van der Waals surface area contributed by atoms with Gasteiger partial charge in [-0.3, -0.25) is 4.90 Å². The molecular weight excluding hydrogens is 442 g/mol. The first-order valence-corrected chi connectivity index (χ1v) is 12.3. The largest absolute Gasteiger partial charge is 0.497 e. The van der Waals surface area contributed by atoms with Crippen molar-refractivity contribution < 1.29 is 19.3 Å². The number of hydrogen-bond acceptors (Lipinski definition) is 6. The maximum absolute atomic E-state index is 10.7. The van der Waals surface area contributed by atoms with Crippen molar-refractivity contribution >= 4 is 0 Å². The summed E-state index contributed by atoms with van der Waals surface area (Å²) in [4.78, 5) is 2.24. The highest BCUT2D eigenvalue weighted by molar-refractivity contribution is 5.65. The van der Waals surface area contributed by atoms with Crippen LogP contribution in [-0.2, 0) is 18.3 Å². The highest BCUT2D eigenvalue weighted by Crippen LogP contribution is 2.34. The Bertz CT molecular complexity index is 1020. The van der Waals surface area contributed by atoms with Crippen molar-refractivity contribution in [2.75, 3.05) is 33.4 Å². The summed E-state index contributed by atoms with van der Waals surface area (Å²) in [5.74, 6) is 2.60. The van der Waals surface area contributed by atoms with E-state index in [0.717, 1.165) is 35.5 Å². The summed E-state index contributed by atoms with van der Waals surface area (Å²) in [5.41, 5.74) is 2.89. The first-order valence-electron chi connectivity index (χ1n) is 12.3. The number of aliphatic hydroxyl groups excluding tert-OH is 1. The van der Waals surface area contributed by atoms with Crippen LogP contribution in [0.4, 0.5) is 0 Å². The summed E-state index contributed by atoms with van der Waals surface area (Å²) < 4.78 is 19.1. The molecular formula is C28H39N3O4. The monoisotopic (exact) mass is 481 g/mol. The molecule has 1 atom stereocenters. The van der Waals surface area contributed by atoms with Crippen LogP contribution in [0.5, 0.6) is 17.4 Å². The van der Waals surface area contributed by atoms with Crippen molar-refractivity contribution in [3.63, 3.8) is 0 Å². The molecule has 0 amide bonds. The van der Waals surface area contributed by atoms with Crippen molar-refractivity contribution in [2.24, 2.45) is 13.0 Å². The standard InChI is InChI=1S/C28H39N3O4/c1-6-16-31(17-23(32)20-34-19-21(2)3)18-26-27(22-10-8-7-9-11-22)29-30(4)28(26)35-25-14-12-24(33-5)13-15-25/h7-15,21,23,32H,6,16-20H2,1-5H3/t23-/m1/s1. The molecule has 35 heavy (non-hydrogen) atoms. The fourth-order valence-electron chi connectivity index (χ4n) is 3.97. The minimum atomic E-state index is -0.567. The second-order valence-electron chi connectivity index (χ2n) is 9.22. The number of ether oxygens (including phenoxy) is 3. The quantitative estimate of drug-likeness (QED) is 0.344. The molecule has 0 unspecified atom stereocenters. The van der Waals surface area contributed by atoms with Crippen LogP contribution >= 0.6 is 0 Å². The number of hydrogen-bond donors (Lipinski definition) is 1. The van der Waals surface area contributed by atoms with Gasteiger partial charge < -0.3 is 19.3 Å². The molecule has 0 aliphatic carbocycles. The van der Waals surface area contributed by atoms with Crippen molar-refractivity contribution in [3.05, 3.63) is 60.2 Å². The highest BCUT2D eigenvalue weighted by atomic mass is 16.5. The molecule has 0 saturated carbocycles. The van der Waals surface area contributed by atoms with Gasteiger partial charge in [0.1, 0.15) is 17.2 Å². The van der Waals surface area contributed by atoms with Gasteiger partial charge in [0.05, 0.1) is 25.4 Å². The van der Waals surface area contributed by atoms with Crippen molar-refractivity contribution in [3.8, 4) is 28.6 Å². The Labute approximate surface area is 209 Å². The van der Waals surface area contributed by atoms with E-state index in [9.17, 15) is 5.11 Å². The normalized spacial score (nSPS) is 12.3. The average molecular weight is 482 g/mol. The fraction of sp³-hybridized carbons (Fsp3) is 0.464. The van der Waals surface area contributed by atoms with Crippen LogP contribution in [0.15, 0.2) is 54.6 Å². The van der Waals surface area contributed by atoms with Gasteiger partial charge in [-0.1, -0.05) is 51.1 Å². The lowest BCUT2D eigenvalue weighted by atomic mass is 10.1. The van der Waals surface area contributed by atoms with Crippen molar-refractivity contribution in [1.82, 2.24) is 14.7 Å². The zero-order chi connectivity index (χ0) is 25.2. The molecule has 0 radical (unpaired) electrons. The number of methoxy groups -OCH3 is 1. The predicted octanol–water partition coefficient (Wildman–Crippen LogP) is 5.13. The average Bonchev–Trinajstić information content (AvgIpc) is 3.15. The summed E-state index contributed by atoms with van der Waals surface area (Å²) in [5, 5.41) is 15.5. The molecule has 2 aromatic carbocycles. The molecule has 0 spiro atoms. The lowest BCUT2D eigenvalue weighted by Gasteiger charge is -2.25. The summed E-state index contributed by atoms with van der Waals surface area (Å²) >= 11 is 0. The van der Waals surface area contributed by atoms with Crippen LogP contribution < -0.4 is 9.47 Å². The van der Waals surface area contributed by atoms with E-state index in [1.807, 2.05) is 49.5 Å². The van der Waals surface area contributed by atoms with E-state index < -0.39 is 6.10 Å². The third-order valence-electron chi connectivity index (χ3n) is 5.56. The molecule has 0 aliphatic rings. The van der Waals surface area contributed by atoms with Crippen LogP contribution in [-0.4, -0.2) is 59.3 Å². The zero-order valence-corrected chi connectivity index (χ0v) is 21.6. The molecule has 0 fully saturated rings. The van der Waals surface area contributed by atoms with Gasteiger partial charge in [-0.2, -0.15) is 5.10 Å². The SMILES string of the molecule is CCCN(Cc1c(-c2ccccc2)nn(C)c1Oc1ccc(OC)cc1)C[C@@H](O)COCC(C)C. The Hall–Kier alpha value is -2.87. The van der Waals surface area contributed by atoms with E-state index >= 15 is 0 Å². The van der Waals surface area contributed by atoms with Gasteiger partial charge in [-0.25, -0.2) is 4.68 Å². The second kappa shape index (κ2) is 13.3. The van der Waals surface area contributed by atoms with Crippen LogP contribution in [0.25, 0.3) is 11.3 Å². The Balaban J connectivity index is 1.88. The minimum absolute atomic E-state index is 0.326. The van der Waals surface area contributed by atoms with Crippen LogP contribution in [0.3, 0.4) is 0 Å². The first-order chi connectivity index (χ1) is 16.9. The third kappa shape index (κ3) is 7.82. The summed E-state index contributed by atoms with van der Waals surface area (Å²) in [7, 11) is 3.54. The summed E-state index contributed by atoms with van der Waals surface area (Å²) in [6.07, 6.45) is 0.401. The van der Waals surface area contributed by atoms with Gasteiger partial charge in [0.2, 0.25) is 5.88 Å². The molecule has 1 aromatic heterocycles. The third-order valence-corrected chi connectivity index (χ3v) is 5.56. The van der Waals surface area contributed by atoms with E-state index in [4.69, 9.17) is 19.3 Å². The van der Waals surface area contributed by atoms with Crippen molar-refractivity contribution in [1.29, 1.82) is 0 Å². The Morgan fingerprint density at radius 2 is 1.69 bits per heavy atom. The van der Waals surface area contributed by atoms with E-state index in [-0.39, 0.29) is 0 Å². The number of rotatable bonds is 14. The molecule has 1 N–H and O–H groups in total. The minimum Gasteiger partial charge on any atom is -0.497 e. The molecule has 7 heteroatoms. The molecule has 7 nitrogen and oxygen atoms in total. The Morgan fingerprint density at radius 1 is 1.00 bits per heavy atom. The molecule has 3 aromatic rings. The molecule has 0 bridgehead atoms. The lowest BCUT2D eigenvalue weighted by molar-refractivity contribution is 0.00685. The smallest absolute Gasteiger partial charge is 0.222 e. The lowest BCUT2D eigenvalue weighted by Crippen LogP contribution is -2.35. The van der Waals surface area contributed by atoms with Gasteiger partial charge in [-0.05, 0) is 43.1 Å². The first kappa shape index (κ1) is 26.7. The summed E-state index contributed by atoms with van der Waals surface area (Å²) in [6.45, 7) is 9.27. The number of nitrogens with zero attached hydrogens (tertiary/aromatic N) is 3. The Kier molecular flexibility index (Phi) is 10.1. The predicted molar refractivity (Wildman–Crippen MR) is 139 cm³/mol. The van der Waals surface area contributed by atoms with Crippen molar-refractivity contribution in [2.45, 2.75) is 39.8 Å². The van der Waals surface area contributed by atoms with Gasteiger partial charge in [0.15, 0.2) is 0 Å². The maximum atomic E-state index is 10.7. The number of benzene rings is 2. The number of aliphatic hydroxyl groups is 1. The van der Waals surface area contributed by atoms with Crippen LogP contribution in [0, 0.1) is 5.92 Å². The number of aryl methyl sites for hydroxylation is 1. The molecule has 190 valence electrons. The molecule has 0 saturated heterocycles. The number of aromatic nitrogens is 2. The highest BCUT2D eigenvalue weighted by Gasteiger charge is 2.23. The van der Waals surface area contributed by atoms with E-state index in [0.29, 0.717) is 43.9 Å².